The van der Waals surface area contributed by atoms with E-state index in [1.165, 1.54) is 0 Å². The van der Waals surface area contributed by atoms with E-state index in [2.05, 4.69) is 94.9 Å². The highest BCUT2D eigenvalue weighted by Crippen LogP contribution is 2.39. The number of rotatable bonds is 5. The Hall–Kier alpha value is -0.560. The molecule has 0 aromatic carbocycles. The maximum absolute atomic E-state index is 2.67. The van der Waals surface area contributed by atoms with Gasteiger partial charge in [-0.15, -0.1) is 0 Å². The average Bonchev–Trinajstić information content (AvgIpc) is 2.73. The standard InChI is InChI=1S/C21H39N.C4H10.C2H6/c1-13(2)18-11-22(17(9)10)12-19(14(3)4)21(16(7)8)20(18)15(5)6;1-4(2)3;1-2/h13-17H,11-12H2,1-10H3;4H,1-3H3;1-2H3. The molecule has 0 aromatic heterocycles. The van der Waals surface area contributed by atoms with Gasteiger partial charge in [-0.25, -0.2) is 0 Å². The Morgan fingerprint density at radius 2 is 0.750 bits per heavy atom. The van der Waals surface area contributed by atoms with Crippen LogP contribution in [0.3, 0.4) is 0 Å². The van der Waals surface area contributed by atoms with Crippen LogP contribution in [-0.2, 0) is 0 Å². The minimum Gasteiger partial charge on any atom is -0.293 e. The largest absolute Gasteiger partial charge is 0.293 e. The van der Waals surface area contributed by atoms with Gasteiger partial charge in [0.1, 0.15) is 0 Å². The van der Waals surface area contributed by atoms with Crippen LogP contribution in [0, 0.1) is 29.6 Å². The molecule has 0 unspecified atom stereocenters. The van der Waals surface area contributed by atoms with Crippen LogP contribution >= 0.6 is 0 Å². The second-order valence-corrected chi connectivity index (χ2v) is 10.2. The molecule has 1 rings (SSSR count). The van der Waals surface area contributed by atoms with Gasteiger partial charge in [0.2, 0.25) is 0 Å². The van der Waals surface area contributed by atoms with Gasteiger partial charge in [0.05, 0.1) is 0 Å². The van der Waals surface area contributed by atoms with Gasteiger partial charge < -0.3 is 0 Å². The number of hydrogen-bond acceptors (Lipinski definition) is 1. The number of allylic oxidation sites excluding steroid dienone is 2. The summed E-state index contributed by atoms with van der Waals surface area (Å²) in [6.07, 6.45) is 0. The predicted octanol–water partition coefficient (Wildman–Crippen LogP) is 8.62. The molecule has 0 amide bonds. The molecule has 1 aliphatic rings. The lowest BCUT2D eigenvalue weighted by molar-refractivity contribution is 0.250. The molecule has 0 N–H and O–H groups in total. The molecule has 0 fully saturated rings. The third-order valence-corrected chi connectivity index (χ3v) is 5.01. The van der Waals surface area contributed by atoms with Crippen molar-refractivity contribution in [3.63, 3.8) is 0 Å². The zero-order valence-corrected chi connectivity index (χ0v) is 22.3. The van der Waals surface area contributed by atoms with Crippen LogP contribution in [0.25, 0.3) is 0 Å². The fourth-order valence-electron chi connectivity index (χ4n) is 3.73. The second kappa shape index (κ2) is 14.4. The minimum atomic E-state index is 0.599. The van der Waals surface area contributed by atoms with Gasteiger partial charge in [-0.2, -0.15) is 0 Å². The molecule has 1 heteroatoms. The van der Waals surface area contributed by atoms with Gasteiger partial charge in [-0.05, 0) is 65.7 Å². The summed E-state index contributed by atoms with van der Waals surface area (Å²) in [6.45, 7) is 36.4. The molecule has 0 radical (unpaired) electrons. The zero-order valence-electron chi connectivity index (χ0n) is 22.3. The summed E-state index contributed by atoms with van der Waals surface area (Å²) in [5.74, 6) is 3.30. The fourth-order valence-corrected chi connectivity index (χ4v) is 3.73. The fraction of sp³-hybridized carbons (Fsp3) is 0.852. The van der Waals surface area contributed by atoms with E-state index in [9.17, 15) is 0 Å². The van der Waals surface area contributed by atoms with Crippen molar-refractivity contribution in [1.29, 1.82) is 0 Å². The lowest BCUT2D eigenvalue weighted by Crippen LogP contribution is -2.35. The summed E-state index contributed by atoms with van der Waals surface area (Å²) in [5, 5.41) is 0. The first kappa shape index (κ1) is 29.6. The van der Waals surface area contributed by atoms with E-state index in [-0.39, 0.29) is 0 Å². The Bertz CT molecular complexity index is 432. The normalized spacial score (nSPS) is 16.2. The molecule has 0 aliphatic carbocycles. The molecule has 1 nitrogen and oxygen atoms in total. The minimum absolute atomic E-state index is 0.599. The van der Waals surface area contributed by atoms with Crippen LogP contribution in [0.4, 0.5) is 0 Å². The van der Waals surface area contributed by atoms with Crippen molar-refractivity contribution >= 4 is 0 Å². The lowest BCUT2D eigenvalue weighted by Gasteiger charge is -2.29. The average molecular weight is 394 g/mol. The molecule has 0 bridgehead atoms. The van der Waals surface area contributed by atoms with Gasteiger partial charge in [-0.3, -0.25) is 4.90 Å². The lowest BCUT2D eigenvalue weighted by atomic mass is 9.78. The first-order valence-corrected chi connectivity index (χ1v) is 12.0. The van der Waals surface area contributed by atoms with E-state index >= 15 is 0 Å². The zero-order chi connectivity index (χ0) is 22.8. The van der Waals surface area contributed by atoms with Crippen molar-refractivity contribution in [1.82, 2.24) is 4.90 Å². The Morgan fingerprint density at radius 3 is 0.893 bits per heavy atom. The van der Waals surface area contributed by atoms with Crippen molar-refractivity contribution in [2.24, 2.45) is 29.6 Å². The van der Waals surface area contributed by atoms with Crippen LogP contribution < -0.4 is 0 Å². The highest BCUT2D eigenvalue weighted by molar-refractivity contribution is 5.45. The van der Waals surface area contributed by atoms with Crippen molar-refractivity contribution < 1.29 is 0 Å². The Balaban J connectivity index is 0. The van der Waals surface area contributed by atoms with Gasteiger partial charge in [0.15, 0.2) is 0 Å². The van der Waals surface area contributed by atoms with Crippen LogP contribution in [0.1, 0.15) is 104 Å². The molecule has 0 atom stereocenters. The van der Waals surface area contributed by atoms with E-state index in [4.69, 9.17) is 0 Å². The van der Waals surface area contributed by atoms with Crippen molar-refractivity contribution in [2.75, 3.05) is 13.1 Å². The van der Waals surface area contributed by atoms with Gasteiger partial charge in [-0.1, -0.05) is 90.0 Å². The number of hydrogen-bond donors (Lipinski definition) is 0. The molecule has 0 aromatic rings. The predicted molar refractivity (Wildman–Crippen MR) is 132 cm³/mol. The second-order valence-electron chi connectivity index (χ2n) is 10.2. The first-order chi connectivity index (χ1) is 12.8. The topological polar surface area (TPSA) is 3.24 Å². The van der Waals surface area contributed by atoms with E-state index in [0.717, 1.165) is 19.0 Å². The van der Waals surface area contributed by atoms with E-state index < -0.39 is 0 Å². The van der Waals surface area contributed by atoms with E-state index in [1.807, 2.05) is 13.8 Å². The molecule has 168 valence electrons. The van der Waals surface area contributed by atoms with E-state index in [1.54, 1.807) is 22.3 Å². The summed E-state index contributed by atoms with van der Waals surface area (Å²) in [6, 6.07) is 0.599. The third kappa shape index (κ3) is 9.77. The molecule has 0 saturated heterocycles. The van der Waals surface area contributed by atoms with Crippen molar-refractivity contribution in [3.05, 3.63) is 22.3 Å². The summed E-state index contributed by atoms with van der Waals surface area (Å²) in [4.78, 5) is 2.67. The molecular formula is C27H55N. The maximum atomic E-state index is 2.67. The highest BCUT2D eigenvalue weighted by Gasteiger charge is 2.29. The van der Waals surface area contributed by atoms with Crippen molar-refractivity contribution in [3.8, 4) is 0 Å². The molecular weight excluding hydrogens is 338 g/mol. The summed E-state index contributed by atoms with van der Waals surface area (Å²) < 4.78 is 0. The third-order valence-electron chi connectivity index (χ3n) is 5.01. The quantitative estimate of drug-likeness (QED) is 0.452. The van der Waals surface area contributed by atoms with Gasteiger partial charge in [0.25, 0.3) is 0 Å². The summed E-state index contributed by atoms with van der Waals surface area (Å²) in [5.41, 5.74) is 6.67. The van der Waals surface area contributed by atoms with Crippen LogP contribution in [0.15, 0.2) is 22.3 Å². The Kier molecular flexibility index (Phi) is 15.3. The molecule has 0 spiro atoms. The van der Waals surface area contributed by atoms with Crippen molar-refractivity contribution in [2.45, 2.75) is 110 Å². The summed E-state index contributed by atoms with van der Waals surface area (Å²) >= 11 is 0. The van der Waals surface area contributed by atoms with Gasteiger partial charge >= 0.3 is 0 Å². The molecule has 1 aliphatic heterocycles. The van der Waals surface area contributed by atoms with E-state index in [0.29, 0.717) is 29.7 Å². The molecule has 0 saturated carbocycles. The Labute approximate surface area is 180 Å². The number of nitrogens with zero attached hydrogens (tertiary/aromatic N) is 1. The monoisotopic (exact) mass is 393 g/mol. The molecule has 1 heterocycles. The van der Waals surface area contributed by atoms with Crippen LogP contribution in [0.2, 0.25) is 0 Å². The van der Waals surface area contributed by atoms with Gasteiger partial charge in [0, 0.05) is 19.1 Å². The maximum Gasteiger partial charge on any atom is 0.0207 e. The smallest absolute Gasteiger partial charge is 0.0207 e. The molecule has 28 heavy (non-hydrogen) atoms. The summed E-state index contributed by atoms with van der Waals surface area (Å²) in [7, 11) is 0. The van der Waals surface area contributed by atoms with Crippen LogP contribution in [-0.4, -0.2) is 24.0 Å². The SMILES string of the molecule is CC.CC(C)C.CC(C)C1=C(C(C)C)C(C(C)C)=C(C(C)C)CN(C(C)C)C1. The first-order valence-electron chi connectivity index (χ1n) is 12.0. The van der Waals surface area contributed by atoms with Crippen LogP contribution in [0.5, 0.6) is 0 Å². The Morgan fingerprint density at radius 1 is 0.500 bits per heavy atom. The highest BCUT2D eigenvalue weighted by atomic mass is 15.1.